The Labute approximate surface area is 121 Å². The Morgan fingerprint density at radius 3 is 2.57 bits per heavy atom. The Morgan fingerprint density at radius 2 is 2.10 bits per heavy atom. The molecular formula is C14H16N2O5. The molecule has 2 rings (SSSR count). The number of anilines is 1. The third-order valence-corrected chi connectivity index (χ3v) is 3.91. The van der Waals surface area contributed by atoms with Gasteiger partial charge in [0.2, 0.25) is 0 Å². The molecule has 0 aromatic heterocycles. The SMILES string of the molecule is CC(=O)c1cc(N2CCC(C)(C(=O)O)C2)ccc1[N+](=O)[O-]. The van der Waals surface area contributed by atoms with Gasteiger partial charge in [-0.25, -0.2) is 0 Å². The first-order valence-electron chi connectivity index (χ1n) is 6.52. The van der Waals surface area contributed by atoms with Crippen molar-refractivity contribution in [3.63, 3.8) is 0 Å². The second-order valence-electron chi connectivity index (χ2n) is 5.55. The van der Waals surface area contributed by atoms with E-state index in [9.17, 15) is 24.8 Å². The molecule has 7 nitrogen and oxygen atoms in total. The molecule has 1 saturated heterocycles. The van der Waals surface area contributed by atoms with Gasteiger partial charge in [-0.1, -0.05) is 0 Å². The highest BCUT2D eigenvalue weighted by Gasteiger charge is 2.40. The van der Waals surface area contributed by atoms with E-state index in [2.05, 4.69) is 0 Å². The number of benzene rings is 1. The average molecular weight is 292 g/mol. The van der Waals surface area contributed by atoms with Crippen LogP contribution in [0.15, 0.2) is 18.2 Å². The van der Waals surface area contributed by atoms with Crippen LogP contribution in [0.1, 0.15) is 30.6 Å². The van der Waals surface area contributed by atoms with Gasteiger partial charge < -0.3 is 10.0 Å². The summed E-state index contributed by atoms with van der Waals surface area (Å²) in [6, 6.07) is 4.31. The largest absolute Gasteiger partial charge is 0.481 e. The molecule has 1 aromatic carbocycles. The summed E-state index contributed by atoms with van der Waals surface area (Å²) in [6.45, 7) is 3.81. The predicted molar refractivity (Wildman–Crippen MR) is 75.7 cm³/mol. The van der Waals surface area contributed by atoms with Crippen LogP contribution in [0.25, 0.3) is 0 Å². The van der Waals surface area contributed by atoms with Crippen LogP contribution < -0.4 is 4.90 Å². The van der Waals surface area contributed by atoms with Crippen molar-refractivity contribution in [1.29, 1.82) is 0 Å². The lowest BCUT2D eigenvalue weighted by Crippen LogP contribution is -2.31. The Balaban J connectivity index is 2.35. The molecule has 1 N–H and O–H groups in total. The van der Waals surface area contributed by atoms with Gasteiger partial charge in [-0.3, -0.25) is 19.7 Å². The fraction of sp³-hybridized carbons (Fsp3) is 0.429. The number of nitrogens with zero attached hydrogens (tertiary/aromatic N) is 2. The van der Waals surface area contributed by atoms with Crippen molar-refractivity contribution in [3.05, 3.63) is 33.9 Å². The minimum Gasteiger partial charge on any atom is -0.481 e. The van der Waals surface area contributed by atoms with Crippen LogP contribution in [0.3, 0.4) is 0 Å². The highest BCUT2D eigenvalue weighted by atomic mass is 16.6. The fourth-order valence-electron chi connectivity index (χ4n) is 2.52. The van der Waals surface area contributed by atoms with Crippen LogP contribution in [0.2, 0.25) is 0 Å². The smallest absolute Gasteiger partial charge is 0.311 e. The summed E-state index contributed by atoms with van der Waals surface area (Å²) in [5, 5.41) is 20.1. The number of ketones is 1. The average Bonchev–Trinajstić information content (AvgIpc) is 2.82. The lowest BCUT2D eigenvalue weighted by Gasteiger charge is -2.22. The number of carbonyl (C=O) groups is 2. The van der Waals surface area contributed by atoms with Crippen molar-refractivity contribution in [2.75, 3.05) is 18.0 Å². The van der Waals surface area contributed by atoms with E-state index in [0.29, 0.717) is 25.2 Å². The van der Waals surface area contributed by atoms with E-state index in [4.69, 9.17) is 0 Å². The van der Waals surface area contributed by atoms with E-state index in [-0.39, 0.29) is 17.0 Å². The maximum absolute atomic E-state index is 11.6. The van der Waals surface area contributed by atoms with E-state index < -0.39 is 16.3 Å². The molecule has 1 heterocycles. The maximum Gasteiger partial charge on any atom is 0.311 e. The molecule has 1 atom stereocenters. The zero-order valence-corrected chi connectivity index (χ0v) is 11.8. The Bertz CT molecular complexity index is 628. The van der Waals surface area contributed by atoms with Crippen molar-refractivity contribution in [1.82, 2.24) is 0 Å². The quantitative estimate of drug-likeness (QED) is 0.518. The molecule has 21 heavy (non-hydrogen) atoms. The van der Waals surface area contributed by atoms with Gasteiger partial charge in [-0.15, -0.1) is 0 Å². The number of carbonyl (C=O) groups excluding carboxylic acids is 1. The lowest BCUT2D eigenvalue weighted by atomic mass is 9.90. The molecular weight excluding hydrogens is 276 g/mol. The van der Waals surface area contributed by atoms with Crippen molar-refractivity contribution in [2.24, 2.45) is 5.41 Å². The van der Waals surface area contributed by atoms with Gasteiger partial charge >= 0.3 is 5.97 Å². The number of hydrogen-bond donors (Lipinski definition) is 1. The van der Waals surface area contributed by atoms with Crippen molar-refractivity contribution < 1.29 is 19.6 Å². The third-order valence-electron chi connectivity index (χ3n) is 3.91. The Kier molecular flexibility index (Phi) is 3.67. The van der Waals surface area contributed by atoms with Gasteiger partial charge in [0.15, 0.2) is 5.78 Å². The molecule has 0 bridgehead atoms. The molecule has 0 amide bonds. The van der Waals surface area contributed by atoms with E-state index in [1.54, 1.807) is 13.0 Å². The number of hydrogen-bond acceptors (Lipinski definition) is 5. The molecule has 112 valence electrons. The summed E-state index contributed by atoms with van der Waals surface area (Å²) in [7, 11) is 0. The van der Waals surface area contributed by atoms with E-state index in [1.165, 1.54) is 19.1 Å². The first-order valence-corrected chi connectivity index (χ1v) is 6.52. The first-order chi connectivity index (χ1) is 9.74. The zero-order chi connectivity index (χ0) is 15.8. The van der Waals surface area contributed by atoms with Crippen molar-refractivity contribution >= 4 is 23.1 Å². The molecule has 0 saturated carbocycles. The molecule has 1 unspecified atom stereocenters. The van der Waals surface area contributed by atoms with E-state index in [1.807, 2.05) is 4.90 Å². The van der Waals surface area contributed by atoms with Gasteiger partial charge in [-0.05, 0) is 32.4 Å². The van der Waals surface area contributed by atoms with Crippen LogP contribution >= 0.6 is 0 Å². The zero-order valence-electron chi connectivity index (χ0n) is 11.8. The fourth-order valence-corrected chi connectivity index (χ4v) is 2.52. The summed E-state index contributed by atoms with van der Waals surface area (Å²) < 4.78 is 0. The Morgan fingerprint density at radius 1 is 1.43 bits per heavy atom. The second kappa shape index (κ2) is 5.16. The van der Waals surface area contributed by atoms with Crippen LogP contribution in [-0.2, 0) is 4.79 Å². The summed E-state index contributed by atoms with van der Waals surface area (Å²) in [5.74, 6) is -1.25. The molecule has 1 aliphatic rings. The maximum atomic E-state index is 11.6. The van der Waals surface area contributed by atoms with Crippen LogP contribution in [0.5, 0.6) is 0 Å². The van der Waals surface area contributed by atoms with Crippen LogP contribution in [-0.4, -0.2) is 34.9 Å². The van der Waals surface area contributed by atoms with E-state index in [0.717, 1.165) is 0 Å². The number of rotatable bonds is 4. The minimum absolute atomic E-state index is 0.0430. The number of carboxylic acid groups (broad SMARTS) is 1. The van der Waals surface area contributed by atoms with Crippen molar-refractivity contribution in [3.8, 4) is 0 Å². The molecule has 0 aliphatic carbocycles. The highest BCUT2D eigenvalue weighted by Crippen LogP contribution is 2.35. The number of nitro groups is 1. The van der Waals surface area contributed by atoms with Crippen LogP contribution in [0, 0.1) is 15.5 Å². The number of aliphatic carboxylic acids is 1. The molecule has 7 heteroatoms. The molecule has 1 aliphatic heterocycles. The van der Waals surface area contributed by atoms with Gasteiger partial charge in [0.1, 0.15) is 0 Å². The standard InChI is InChI=1S/C14H16N2O5/c1-9(17)11-7-10(3-4-12(11)16(20)21)15-6-5-14(2,8-15)13(18)19/h3-4,7H,5-6,8H2,1-2H3,(H,18,19). The molecule has 0 spiro atoms. The second-order valence-corrected chi connectivity index (χ2v) is 5.55. The monoisotopic (exact) mass is 292 g/mol. The van der Waals surface area contributed by atoms with Gasteiger partial charge in [0, 0.05) is 24.8 Å². The minimum atomic E-state index is -0.862. The van der Waals surface area contributed by atoms with E-state index >= 15 is 0 Å². The third kappa shape index (κ3) is 2.72. The predicted octanol–water partition coefficient (Wildman–Crippen LogP) is 2.10. The normalized spacial score (nSPS) is 21.3. The summed E-state index contributed by atoms with van der Waals surface area (Å²) >= 11 is 0. The molecule has 0 radical (unpaired) electrons. The molecule has 1 fully saturated rings. The first kappa shape index (κ1) is 15.0. The van der Waals surface area contributed by atoms with Gasteiger partial charge in [0.25, 0.3) is 5.69 Å². The van der Waals surface area contributed by atoms with Crippen LogP contribution in [0.4, 0.5) is 11.4 Å². The van der Waals surface area contributed by atoms with Gasteiger partial charge in [0.05, 0.1) is 15.9 Å². The Hall–Kier alpha value is -2.44. The topological polar surface area (TPSA) is 101 Å². The number of nitro benzene ring substituents is 1. The lowest BCUT2D eigenvalue weighted by molar-refractivity contribution is -0.385. The number of carboxylic acids is 1. The van der Waals surface area contributed by atoms with Gasteiger partial charge in [-0.2, -0.15) is 0 Å². The number of Topliss-reactive ketones (excluding diaryl/α,β-unsaturated/α-hetero) is 1. The highest BCUT2D eigenvalue weighted by molar-refractivity contribution is 5.99. The van der Waals surface area contributed by atoms with Crippen molar-refractivity contribution in [2.45, 2.75) is 20.3 Å². The summed E-state index contributed by atoms with van der Waals surface area (Å²) in [5.41, 5.74) is -0.387. The summed E-state index contributed by atoms with van der Waals surface area (Å²) in [4.78, 5) is 35.0. The molecule has 1 aromatic rings. The summed E-state index contributed by atoms with van der Waals surface area (Å²) in [6.07, 6.45) is 0.495.